The van der Waals surface area contributed by atoms with Gasteiger partial charge in [0.2, 0.25) is 0 Å². The number of nitrogens with zero attached hydrogens (tertiary/aromatic N) is 4. The predicted molar refractivity (Wildman–Crippen MR) is 69.1 cm³/mol. The maximum atomic E-state index is 9.16. The number of hydrogen-bond donors (Lipinski definition) is 2. The van der Waals surface area contributed by atoms with Crippen molar-refractivity contribution in [2.45, 2.75) is 32.4 Å². The van der Waals surface area contributed by atoms with Crippen LogP contribution in [0.4, 0.5) is 0 Å². The van der Waals surface area contributed by atoms with Gasteiger partial charge in [-0.3, -0.25) is 4.90 Å². The van der Waals surface area contributed by atoms with E-state index in [-0.39, 0.29) is 6.61 Å². The van der Waals surface area contributed by atoms with Crippen molar-refractivity contribution in [1.29, 1.82) is 0 Å². The van der Waals surface area contributed by atoms with Crippen LogP contribution in [-0.4, -0.2) is 57.1 Å². The number of rotatable bonds is 6. The van der Waals surface area contributed by atoms with E-state index in [4.69, 9.17) is 5.11 Å². The van der Waals surface area contributed by atoms with Crippen molar-refractivity contribution in [1.82, 2.24) is 25.0 Å². The van der Waals surface area contributed by atoms with Gasteiger partial charge in [0, 0.05) is 26.2 Å². The highest BCUT2D eigenvalue weighted by Gasteiger charge is 2.19. The highest BCUT2D eigenvalue weighted by molar-refractivity contribution is 4.93. The van der Waals surface area contributed by atoms with Crippen molar-refractivity contribution in [3.63, 3.8) is 0 Å². The first-order valence-corrected chi connectivity index (χ1v) is 6.62. The van der Waals surface area contributed by atoms with E-state index in [9.17, 15) is 0 Å². The molecule has 1 atom stereocenters. The fourth-order valence-electron chi connectivity index (χ4n) is 2.39. The maximum Gasteiger partial charge on any atom is 0.146 e. The van der Waals surface area contributed by atoms with Gasteiger partial charge < -0.3 is 15.0 Å². The van der Waals surface area contributed by atoms with E-state index in [0.717, 1.165) is 31.3 Å². The predicted octanol–water partition coefficient (Wildman–Crippen LogP) is -0.330. The zero-order valence-electron chi connectivity index (χ0n) is 11.3. The van der Waals surface area contributed by atoms with Crippen LogP contribution in [0.1, 0.15) is 24.5 Å². The summed E-state index contributed by atoms with van der Waals surface area (Å²) in [5, 5.41) is 20.9. The molecule has 0 radical (unpaired) electrons. The second kappa shape index (κ2) is 6.26. The van der Waals surface area contributed by atoms with Gasteiger partial charge in [-0.2, -0.15) is 0 Å². The summed E-state index contributed by atoms with van der Waals surface area (Å²) in [6, 6.07) is 0.547. The first-order valence-electron chi connectivity index (χ1n) is 6.62. The minimum atomic E-state index is 0.184. The van der Waals surface area contributed by atoms with Crippen LogP contribution in [-0.2, 0) is 13.6 Å². The second-order valence-electron chi connectivity index (χ2n) is 4.97. The molecule has 0 aliphatic carbocycles. The van der Waals surface area contributed by atoms with E-state index in [1.807, 2.05) is 18.5 Å². The molecule has 1 unspecified atom stereocenters. The molecule has 6 nitrogen and oxygen atoms in total. The summed E-state index contributed by atoms with van der Waals surface area (Å²) < 4.78 is 2.01. The number of hydrogen-bond acceptors (Lipinski definition) is 5. The van der Waals surface area contributed by atoms with Crippen LogP contribution in [0.3, 0.4) is 0 Å². The number of aliphatic hydroxyl groups excluding tert-OH is 1. The lowest BCUT2D eigenvalue weighted by molar-refractivity contribution is 0.175. The fraction of sp³-hybridized carbons (Fsp3) is 0.833. The summed E-state index contributed by atoms with van der Waals surface area (Å²) in [4.78, 5) is 2.24. The van der Waals surface area contributed by atoms with Gasteiger partial charge in [0.25, 0.3) is 0 Å². The monoisotopic (exact) mass is 253 g/mol. The molecule has 2 rings (SSSR count). The van der Waals surface area contributed by atoms with E-state index >= 15 is 0 Å². The minimum Gasteiger partial charge on any atom is -0.395 e. The van der Waals surface area contributed by atoms with Gasteiger partial charge in [-0.25, -0.2) is 0 Å². The van der Waals surface area contributed by atoms with Crippen molar-refractivity contribution >= 4 is 0 Å². The van der Waals surface area contributed by atoms with Crippen molar-refractivity contribution in [3.8, 4) is 0 Å². The van der Waals surface area contributed by atoms with Crippen molar-refractivity contribution in [2.24, 2.45) is 7.05 Å². The molecule has 1 aliphatic heterocycles. The molecular formula is C12H23N5O. The lowest BCUT2D eigenvalue weighted by atomic mass is 10.2. The van der Waals surface area contributed by atoms with E-state index in [1.165, 1.54) is 12.8 Å². The van der Waals surface area contributed by atoms with E-state index in [0.29, 0.717) is 12.6 Å². The molecule has 0 aromatic carbocycles. The van der Waals surface area contributed by atoms with Gasteiger partial charge >= 0.3 is 0 Å². The third kappa shape index (κ3) is 3.28. The van der Waals surface area contributed by atoms with Crippen LogP contribution in [0.15, 0.2) is 0 Å². The molecule has 0 saturated carbocycles. The summed E-state index contributed by atoms with van der Waals surface area (Å²) >= 11 is 0. The van der Waals surface area contributed by atoms with Gasteiger partial charge in [-0.1, -0.05) is 0 Å². The molecule has 102 valence electrons. The largest absolute Gasteiger partial charge is 0.395 e. The van der Waals surface area contributed by atoms with Gasteiger partial charge in [0.15, 0.2) is 0 Å². The standard InChI is InChI=1S/C12H23N5O/c1-10-14-15-12(16(10)2)9-17(6-7-18)8-11-4-3-5-13-11/h11,13,18H,3-9H2,1-2H3. The third-order valence-electron chi connectivity index (χ3n) is 3.60. The molecule has 6 heteroatoms. The molecule has 2 heterocycles. The van der Waals surface area contributed by atoms with Crippen molar-refractivity contribution in [2.75, 3.05) is 26.2 Å². The Kier molecular flexibility index (Phi) is 4.68. The lowest BCUT2D eigenvalue weighted by Gasteiger charge is -2.24. The normalized spacial score (nSPS) is 19.9. The topological polar surface area (TPSA) is 66.2 Å². The van der Waals surface area contributed by atoms with Crippen LogP contribution in [0.2, 0.25) is 0 Å². The molecule has 1 aromatic rings. The summed E-state index contributed by atoms with van der Waals surface area (Å²) in [5.41, 5.74) is 0. The molecule has 0 amide bonds. The Labute approximate surface area is 108 Å². The molecule has 18 heavy (non-hydrogen) atoms. The third-order valence-corrected chi connectivity index (χ3v) is 3.60. The highest BCUT2D eigenvalue weighted by atomic mass is 16.3. The zero-order chi connectivity index (χ0) is 13.0. The van der Waals surface area contributed by atoms with Crippen LogP contribution in [0.5, 0.6) is 0 Å². The quantitative estimate of drug-likeness (QED) is 0.727. The van der Waals surface area contributed by atoms with Gasteiger partial charge in [-0.05, 0) is 26.3 Å². The van der Waals surface area contributed by atoms with Gasteiger partial charge in [0.05, 0.1) is 13.2 Å². The average molecular weight is 253 g/mol. The Morgan fingerprint density at radius 2 is 2.33 bits per heavy atom. The molecular weight excluding hydrogens is 230 g/mol. The van der Waals surface area contributed by atoms with Crippen molar-refractivity contribution < 1.29 is 5.11 Å². The van der Waals surface area contributed by atoms with Crippen molar-refractivity contribution in [3.05, 3.63) is 11.6 Å². The average Bonchev–Trinajstić information content (AvgIpc) is 2.95. The van der Waals surface area contributed by atoms with Crippen LogP contribution >= 0.6 is 0 Å². The Hall–Kier alpha value is -0.980. The van der Waals surface area contributed by atoms with Crippen LogP contribution in [0.25, 0.3) is 0 Å². The maximum absolute atomic E-state index is 9.16. The summed E-state index contributed by atoms with van der Waals surface area (Å²) in [6.45, 7) is 5.64. The summed E-state index contributed by atoms with van der Waals surface area (Å²) in [7, 11) is 1.98. The Balaban J connectivity index is 1.94. The SMILES string of the molecule is Cc1nnc(CN(CCO)CC2CCCN2)n1C. The second-order valence-corrected chi connectivity index (χ2v) is 4.97. The Morgan fingerprint density at radius 3 is 2.89 bits per heavy atom. The highest BCUT2D eigenvalue weighted by Crippen LogP contribution is 2.09. The van der Waals surface area contributed by atoms with Gasteiger partial charge in [0.1, 0.15) is 11.6 Å². The van der Waals surface area contributed by atoms with E-state index in [2.05, 4.69) is 20.4 Å². The lowest BCUT2D eigenvalue weighted by Crippen LogP contribution is -2.39. The Morgan fingerprint density at radius 1 is 1.50 bits per heavy atom. The first kappa shape index (κ1) is 13.5. The van der Waals surface area contributed by atoms with Crippen LogP contribution < -0.4 is 5.32 Å². The number of aromatic nitrogens is 3. The minimum absolute atomic E-state index is 0.184. The van der Waals surface area contributed by atoms with Gasteiger partial charge in [-0.15, -0.1) is 10.2 Å². The molecule has 1 aromatic heterocycles. The Bertz CT molecular complexity index is 373. The molecule has 0 spiro atoms. The number of nitrogens with one attached hydrogen (secondary N) is 1. The summed E-state index contributed by atoms with van der Waals surface area (Å²) in [5.74, 6) is 1.88. The molecule has 1 fully saturated rings. The molecule has 0 bridgehead atoms. The van der Waals surface area contributed by atoms with E-state index < -0.39 is 0 Å². The zero-order valence-corrected chi connectivity index (χ0v) is 11.3. The van der Waals surface area contributed by atoms with E-state index in [1.54, 1.807) is 0 Å². The molecule has 1 saturated heterocycles. The molecule has 1 aliphatic rings. The fourth-order valence-corrected chi connectivity index (χ4v) is 2.39. The van der Waals surface area contributed by atoms with Crippen LogP contribution in [0, 0.1) is 6.92 Å². The molecule has 2 N–H and O–H groups in total. The first-order chi connectivity index (χ1) is 8.70. The number of aryl methyl sites for hydroxylation is 1. The number of aliphatic hydroxyl groups is 1. The summed E-state index contributed by atoms with van der Waals surface area (Å²) in [6.07, 6.45) is 2.47. The smallest absolute Gasteiger partial charge is 0.146 e.